The zero-order chi connectivity index (χ0) is 32.1. The van der Waals surface area contributed by atoms with Crippen molar-refractivity contribution in [2.24, 2.45) is 11.8 Å². The highest BCUT2D eigenvalue weighted by molar-refractivity contribution is 5.98. The number of esters is 2. The lowest BCUT2D eigenvalue weighted by atomic mass is 9.86. The molecule has 0 bridgehead atoms. The molecule has 242 valence electrons. The summed E-state index contributed by atoms with van der Waals surface area (Å²) in [6, 6.07) is 6.88. The number of carbonyl (C=O) groups excluding carboxylic acids is 3. The van der Waals surface area contributed by atoms with E-state index in [1.165, 1.54) is 31.5 Å². The van der Waals surface area contributed by atoms with Gasteiger partial charge >= 0.3 is 11.9 Å². The summed E-state index contributed by atoms with van der Waals surface area (Å²) in [6.45, 7) is 7.70. The number of hydrogen-bond acceptors (Lipinski definition) is 10. The Bertz CT molecular complexity index is 1220. The standard InChI is InChI=1S/C32H43FN2O9/c1-6-40-18-27(36)42-19-43-30-26(39-5)14-15-34-28(30)31(37)35-25-9-7-8-23(16-22-10-12-24(33)13-11-22)29(41-17-20(2)3)21(4)44-32(25)38/h10-15,20-21,23,25,29H,6-9,16-19H2,1-5H3,(H,35,37). The Labute approximate surface area is 257 Å². The Kier molecular flexibility index (Phi) is 13.8. The normalized spacial score (nSPS) is 20.6. The van der Waals surface area contributed by atoms with Crippen molar-refractivity contribution in [3.63, 3.8) is 0 Å². The summed E-state index contributed by atoms with van der Waals surface area (Å²) >= 11 is 0. The molecule has 1 amide bonds. The molecule has 1 aromatic heterocycles. The van der Waals surface area contributed by atoms with E-state index in [0.717, 1.165) is 5.56 Å². The van der Waals surface area contributed by atoms with E-state index in [4.69, 9.17) is 28.4 Å². The number of hydrogen-bond donors (Lipinski definition) is 1. The van der Waals surface area contributed by atoms with Gasteiger partial charge in [0.25, 0.3) is 5.91 Å². The monoisotopic (exact) mass is 618 g/mol. The zero-order valence-electron chi connectivity index (χ0n) is 26.0. The molecule has 0 radical (unpaired) electrons. The van der Waals surface area contributed by atoms with Crippen LogP contribution in [-0.2, 0) is 35.0 Å². The maximum absolute atomic E-state index is 13.5. The van der Waals surface area contributed by atoms with Crippen LogP contribution in [0.25, 0.3) is 0 Å². The Morgan fingerprint density at radius 2 is 1.91 bits per heavy atom. The third-order valence-corrected chi connectivity index (χ3v) is 7.07. The van der Waals surface area contributed by atoms with Crippen molar-refractivity contribution in [1.82, 2.24) is 10.3 Å². The molecular formula is C32H43FN2O9. The topological polar surface area (TPSA) is 132 Å². The summed E-state index contributed by atoms with van der Waals surface area (Å²) in [5.41, 5.74) is 0.802. The van der Waals surface area contributed by atoms with Crippen LogP contribution in [0.2, 0.25) is 0 Å². The maximum atomic E-state index is 13.5. The van der Waals surface area contributed by atoms with Gasteiger partial charge in [-0.05, 0) is 62.6 Å². The van der Waals surface area contributed by atoms with Crippen molar-refractivity contribution >= 4 is 17.8 Å². The van der Waals surface area contributed by atoms with E-state index >= 15 is 0 Å². The minimum Gasteiger partial charge on any atom is -0.493 e. The van der Waals surface area contributed by atoms with Crippen LogP contribution in [-0.4, -0.2) is 74.8 Å². The van der Waals surface area contributed by atoms with Gasteiger partial charge in [0.05, 0.1) is 13.2 Å². The second-order valence-corrected chi connectivity index (χ2v) is 11.0. The average Bonchev–Trinajstić information content (AvgIpc) is 3.04. The van der Waals surface area contributed by atoms with Gasteiger partial charge in [-0.1, -0.05) is 32.4 Å². The molecule has 0 spiro atoms. The second kappa shape index (κ2) is 17.5. The first kappa shape index (κ1) is 34.7. The first-order chi connectivity index (χ1) is 21.1. The number of carbonyl (C=O) groups is 3. The van der Waals surface area contributed by atoms with Gasteiger partial charge in [-0.3, -0.25) is 4.79 Å². The van der Waals surface area contributed by atoms with Crippen LogP contribution in [0.15, 0.2) is 36.5 Å². The highest BCUT2D eigenvalue weighted by Gasteiger charge is 2.35. The molecule has 0 aliphatic carbocycles. The molecule has 4 atom stereocenters. The summed E-state index contributed by atoms with van der Waals surface area (Å²) in [6.07, 6.45) is 2.56. The van der Waals surface area contributed by atoms with Crippen LogP contribution in [0.1, 0.15) is 63.0 Å². The molecule has 3 rings (SSSR count). The van der Waals surface area contributed by atoms with Crippen LogP contribution in [0.5, 0.6) is 11.5 Å². The van der Waals surface area contributed by atoms with Crippen molar-refractivity contribution in [3.8, 4) is 11.5 Å². The van der Waals surface area contributed by atoms with E-state index in [1.807, 2.05) is 13.8 Å². The fourth-order valence-electron chi connectivity index (χ4n) is 4.93. The minimum atomic E-state index is -0.967. The number of rotatable bonds is 14. The molecule has 11 nitrogen and oxygen atoms in total. The number of benzene rings is 1. The Morgan fingerprint density at radius 3 is 2.59 bits per heavy atom. The first-order valence-electron chi connectivity index (χ1n) is 14.9. The molecule has 1 aliphatic heterocycles. The molecule has 1 saturated heterocycles. The van der Waals surface area contributed by atoms with Gasteiger partial charge < -0.3 is 33.7 Å². The highest BCUT2D eigenvalue weighted by atomic mass is 19.1. The number of nitrogens with one attached hydrogen (secondary N) is 1. The maximum Gasteiger partial charge on any atom is 0.334 e. The molecule has 1 fully saturated rings. The Morgan fingerprint density at radius 1 is 1.16 bits per heavy atom. The lowest BCUT2D eigenvalue weighted by Crippen LogP contribution is -2.45. The SMILES string of the molecule is CCOCC(=O)OCOc1c(OC)ccnc1C(=O)NC1CCCC(Cc2ccc(F)cc2)C(OCC(C)C)C(C)OC1=O. The van der Waals surface area contributed by atoms with Crippen LogP contribution in [0.4, 0.5) is 4.39 Å². The van der Waals surface area contributed by atoms with Gasteiger partial charge in [0.15, 0.2) is 17.2 Å². The summed E-state index contributed by atoms with van der Waals surface area (Å²) in [5, 5.41) is 2.73. The summed E-state index contributed by atoms with van der Waals surface area (Å²) in [7, 11) is 1.39. The molecule has 1 aliphatic rings. The third kappa shape index (κ3) is 10.4. The van der Waals surface area contributed by atoms with Gasteiger partial charge in [-0.2, -0.15) is 0 Å². The van der Waals surface area contributed by atoms with Crippen molar-refractivity contribution in [1.29, 1.82) is 0 Å². The van der Waals surface area contributed by atoms with E-state index in [2.05, 4.69) is 10.3 Å². The van der Waals surface area contributed by atoms with Crippen LogP contribution < -0.4 is 14.8 Å². The van der Waals surface area contributed by atoms with Crippen molar-refractivity contribution in [2.75, 3.05) is 33.7 Å². The molecule has 2 aromatic rings. The lowest BCUT2D eigenvalue weighted by Gasteiger charge is -2.32. The second-order valence-electron chi connectivity index (χ2n) is 11.0. The Balaban J connectivity index is 1.75. The van der Waals surface area contributed by atoms with Crippen molar-refractivity contribution in [2.45, 2.75) is 71.6 Å². The number of amides is 1. The number of halogens is 1. The predicted molar refractivity (Wildman–Crippen MR) is 158 cm³/mol. The van der Waals surface area contributed by atoms with Gasteiger partial charge in [0, 0.05) is 25.5 Å². The van der Waals surface area contributed by atoms with Gasteiger partial charge in [0.2, 0.25) is 6.79 Å². The van der Waals surface area contributed by atoms with Crippen LogP contribution in [0, 0.1) is 17.7 Å². The van der Waals surface area contributed by atoms with E-state index in [-0.39, 0.29) is 41.5 Å². The third-order valence-electron chi connectivity index (χ3n) is 7.07. The molecule has 4 unspecified atom stereocenters. The smallest absolute Gasteiger partial charge is 0.334 e. The highest BCUT2D eigenvalue weighted by Crippen LogP contribution is 2.31. The first-order valence-corrected chi connectivity index (χ1v) is 14.9. The number of methoxy groups -OCH3 is 1. The molecule has 1 aromatic carbocycles. The van der Waals surface area contributed by atoms with Crippen molar-refractivity contribution < 1.29 is 47.2 Å². The zero-order valence-corrected chi connectivity index (χ0v) is 26.0. The number of ether oxygens (including phenoxy) is 6. The number of aromatic nitrogens is 1. The van der Waals surface area contributed by atoms with E-state index in [9.17, 15) is 18.8 Å². The minimum absolute atomic E-state index is 0.0121. The van der Waals surface area contributed by atoms with E-state index in [0.29, 0.717) is 38.9 Å². The van der Waals surface area contributed by atoms with Gasteiger partial charge in [0.1, 0.15) is 24.6 Å². The van der Waals surface area contributed by atoms with E-state index in [1.54, 1.807) is 26.0 Å². The summed E-state index contributed by atoms with van der Waals surface area (Å²) in [5.74, 6) is -1.85. The molecule has 44 heavy (non-hydrogen) atoms. The molecular weight excluding hydrogens is 575 g/mol. The van der Waals surface area contributed by atoms with Crippen LogP contribution in [0.3, 0.4) is 0 Å². The molecule has 2 heterocycles. The number of pyridine rings is 1. The fourth-order valence-corrected chi connectivity index (χ4v) is 4.93. The lowest BCUT2D eigenvalue weighted by molar-refractivity contribution is -0.161. The van der Waals surface area contributed by atoms with E-state index < -0.39 is 42.9 Å². The summed E-state index contributed by atoms with van der Waals surface area (Å²) < 4.78 is 46.6. The Hall–Kier alpha value is -3.77. The molecule has 0 saturated carbocycles. The largest absolute Gasteiger partial charge is 0.493 e. The van der Waals surface area contributed by atoms with Crippen molar-refractivity contribution in [3.05, 3.63) is 53.6 Å². The quantitative estimate of drug-likeness (QED) is 0.242. The predicted octanol–water partition coefficient (Wildman–Crippen LogP) is 4.26. The summed E-state index contributed by atoms with van der Waals surface area (Å²) in [4.78, 5) is 42.7. The number of cyclic esters (lactones) is 1. The molecule has 12 heteroatoms. The average molecular weight is 619 g/mol. The van der Waals surface area contributed by atoms with Gasteiger partial charge in [-0.25, -0.2) is 19.0 Å². The van der Waals surface area contributed by atoms with Gasteiger partial charge in [-0.15, -0.1) is 0 Å². The van der Waals surface area contributed by atoms with Crippen LogP contribution >= 0.6 is 0 Å². The fraction of sp³-hybridized carbons (Fsp3) is 0.562. The number of nitrogens with zero attached hydrogens (tertiary/aromatic N) is 1. The molecule has 1 N–H and O–H groups in total.